The third-order valence-corrected chi connectivity index (χ3v) is 5.41. The molecule has 2 aromatic rings. The largest absolute Gasteiger partial charge is 0.493 e. The predicted octanol–water partition coefficient (Wildman–Crippen LogP) is 4.30. The van der Waals surface area contributed by atoms with Crippen molar-refractivity contribution in [3.8, 4) is 11.5 Å². The van der Waals surface area contributed by atoms with Crippen LogP contribution < -0.4 is 25.0 Å². The summed E-state index contributed by atoms with van der Waals surface area (Å²) >= 11 is 0. The van der Waals surface area contributed by atoms with E-state index in [4.69, 9.17) is 14.5 Å². The lowest BCUT2D eigenvalue weighted by Crippen LogP contribution is -2.33. The number of methoxy groups -OCH3 is 1. The van der Waals surface area contributed by atoms with Gasteiger partial charge in [-0.05, 0) is 56.4 Å². The Balaban J connectivity index is 1.65. The minimum atomic E-state index is 0.550. The number of anilines is 2. The molecule has 7 nitrogen and oxygen atoms in total. The zero-order chi connectivity index (χ0) is 22.1. The van der Waals surface area contributed by atoms with E-state index in [0.717, 1.165) is 42.6 Å². The molecular formula is C24H35N5O2. The molecule has 0 amide bonds. The van der Waals surface area contributed by atoms with Crippen LogP contribution >= 0.6 is 0 Å². The number of nitrogens with zero attached hydrogens (tertiary/aromatic N) is 3. The third-order valence-electron chi connectivity index (χ3n) is 5.41. The summed E-state index contributed by atoms with van der Waals surface area (Å²) < 4.78 is 11.0. The number of rotatable bonds is 8. The standard InChI is InChI=1S/C24H35N5O2/c1-5-25-24(28-20-8-9-21(30-4)22(15-20)31-6-2)27-17-19-7-10-23(26-16-19)29-13-11-18(3)12-14-29/h7-10,15-16,18H,5-6,11-14,17H2,1-4H3,(H2,25,27,28). The molecule has 3 rings (SSSR count). The van der Waals surface area contributed by atoms with E-state index in [1.54, 1.807) is 7.11 Å². The highest BCUT2D eigenvalue weighted by atomic mass is 16.5. The first-order valence-electron chi connectivity index (χ1n) is 11.2. The molecule has 1 aromatic carbocycles. The lowest BCUT2D eigenvalue weighted by Gasteiger charge is -2.31. The van der Waals surface area contributed by atoms with Crippen LogP contribution in [0.2, 0.25) is 0 Å². The Kier molecular flexibility index (Phi) is 8.38. The fourth-order valence-corrected chi connectivity index (χ4v) is 3.57. The van der Waals surface area contributed by atoms with E-state index in [2.05, 4.69) is 39.6 Å². The van der Waals surface area contributed by atoms with Gasteiger partial charge in [0.05, 0.1) is 20.3 Å². The topological polar surface area (TPSA) is 71.0 Å². The third kappa shape index (κ3) is 6.51. The summed E-state index contributed by atoms with van der Waals surface area (Å²) in [5, 5.41) is 6.63. The number of hydrogen-bond acceptors (Lipinski definition) is 5. The Morgan fingerprint density at radius 3 is 2.61 bits per heavy atom. The maximum Gasteiger partial charge on any atom is 0.196 e. The van der Waals surface area contributed by atoms with E-state index < -0.39 is 0 Å². The van der Waals surface area contributed by atoms with Crippen molar-refractivity contribution >= 4 is 17.5 Å². The van der Waals surface area contributed by atoms with Gasteiger partial charge in [0.1, 0.15) is 5.82 Å². The van der Waals surface area contributed by atoms with E-state index in [9.17, 15) is 0 Å². The van der Waals surface area contributed by atoms with Gasteiger partial charge in [0.2, 0.25) is 0 Å². The molecule has 0 aliphatic carbocycles. The van der Waals surface area contributed by atoms with Gasteiger partial charge >= 0.3 is 0 Å². The molecule has 0 spiro atoms. The Morgan fingerprint density at radius 2 is 1.97 bits per heavy atom. The highest BCUT2D eigenvalue weighted by Crippen LogP contribution is 2.30. The SMILES string of the molecule is CCNC(=NCc1ccc(N2CCC(C)CC2)nc1)Nc1ccc(OC)c(OCC)c1. The predicted molar refractivity (Wildman–Crippen MR) is 127 cm³/mol. The Bertz CT molecular complexity index is 846. The van der Waals surface area contributed by atoms with Gasteiger partial charge in [-0.25, -0.2) is 9.98 Å². The van der Waals surface area contributed by atoms with Crippen molar-refractivity contribution in [2.75, 3.05) is 43.6 Å². The highest BCUT2D eigenvalue weighted by Gasteiger charge is 2.16. The van der Waals surface area contributed by atoms with Gasteiger partial charge in [-0.3, -0.25) is 0 Å². The van der Waals surface area contributed by atoms with Crippen molar-refractivity contribution in [3.05, 3.63) is 42.1 Å². The van der Waals surface area contributed by atoms with E-state index >= 15 is 0 Å². The van der Waals surface area contributed by atoms with Crippen LogP contribution in [0.15, 0.2) is 41.5 Å². The zero-order valence-electron chi connectivity index (χ0n) is 19.1. The van der Waals surface area contributed by atoms with Crippen LogP contribution in [0.25, 0.3) is 0 Å². The molecule has 1 aliphatic rings. The van der Waals surface area contributed by atoms with E-state index in [0.29, 0.717) is 30.6 Å². The number of guanidine groups is 1. The number of aliphatic imine (C=N–C) groups is 1. The summed E-state index contributed by atoms with van der Waals surface area (Å²) in [5.41, 5.74) is 1.97. The van der Waals surface area contributed by atoms with E-state index in [-0.39, 0.29) is 0 Å². The minimum Gasteiger partial charge on any atom is -0.493 e. The van der Waals surface area contributed by atoms with Crippen LogP contribution in [0.3, 0.4) is 0 Å². The van der Waals surface area contributed by atoms with Crippen LogP contribution in [-0.4, -0.2) is 44.3 Å². The summed E-state index contributed by atoms with van der Waals surface area (Å²) in [6.45, 7) is 10.4. The van der Waals surface area contributed by atoms with E-state index in [1.807, 2.05) is 38.2 Å². The Morgan fingerprint density at radius 1 is 1.16 bits per heavy atom. The van der Waals surface area contributed by atoms with Crippen molar-refractivity contribution in [1.82, 2.24) is 10.3 Å². The molecule has 1 aromatic heterocycles. The Hall–Kier alpha value is -2.96. The molecule has 1 saturated heterocycles. The quantitative estimate of drug-likeness (QED) is 0.485. The number of ether oxygens (including phenoxy) is 2. The summed E-state index contributed by atoms with van der Waals surface area (Å²) in [5.74, 6) is 4.01. The first-order valence-corrected chi connectivity index (χ1v) is 11.2. The van der Waals surface area contributed by atoms with Gasteiger partial charge in [-0.1, -0.05) is 13.0 Å². The van der Waals surface area contributed by atoms with Crippen LogP contribution in [0.1, 0.15) is 39.2 Å². The average molecular weight is 426 g/mol. The van der Waals surface area contributed by atoms with Crippen LogP contribution in [0.4, 0.5) is 11.5 Å². The Labute approximate surface area is 185 Å². The molecule has 0 radical (unpaired) electrons. The summed E-state index contributed by atoms with van der Waals surface area (Å²) in [6, 6.07) is 9.99. The van der Waals surface area contributed by atoms with Crippen LogP contribution in [-0.2, 0) is 6.54 Å². The molecule has 2 heterocycles. The van der Waals surface area contributed by atoms with Crippen molar-refractivity contribution in [2.45, 2.75) is 40.2 Å². The maximum atomic E-state index is 5.67. The molecule has 31 heavy (non-hydrogen) atoms. The number of pyridine rings is 1. The summed E-state index contributed by atoms with van der Waals surface area (Å²) in [7, 11) is 1.64. The lowest BCUT2D eigenvalue weighted by molar-refractivity contribution is 0.311. The van der Waals surface area contributed by atoms with Gasteiger partial charge < -0.3 is 25.0 Å². The van der Waals surface area contributed by atoms with Gasteiger partial charge in [0.15, 0.2) is 17.5 Å². The van der Waals surface area contributed by atoms with Crippen molar-refractivity contribution < 1.29 is 9.47 Å². The van der Waals surface area contributed by atoms with Gasteiger partial charge in [0.25, 0.3) is 0 Å². The lowest BCUT2D eigenvalue weighted by atomic mass is 9.99. The van der Waals surface area contributed by atoms with Gasteiger partial charge in [-0.15, -0.1) is 0 Å². The van der Waals surface area contributed by atoms with E-state index in [1.165, 1.54) is 12.8 Å². The fourth-order valence-electron chi connectivity index (χ4n) is 3.57. The number of nitrogens with one attached hydrogen (secondary N) is 2. The second kappa shape index (κ2) is 11.4. The molecule has 1 aliphatic heterocycles. The van der Waals surface area contributed by atoms with Gasteiger partial charge in [-0.2, -0.15) is 0 Å². The molecule has 0 saturated carbocycles. The minimum absolute atomic E-state index is 0.550. The van der Waals surface area contributed by atoms with Crippen molar-refractivity contribution in [3.63, 3.8) is 0 Å². The smallest absolute Gasteiger partial charge is 0.196 e. The molecule has 7 heteroatoms. The number of aromatic nitrogens is 1. The first-order chi connectivity index (χ1) is 15.1. The maximum absolute atomic E-state index is 5.67. The molecule has 2 N–H and O–H groups in total. The molecule has 0 atom stereocenters. The zero-order valence-corrected chi connectivity index (χ0v) is 19.1. The molecule has 0 bridgehead atoms. The van der Waals surface area contributed by atoms with Crippen molar-refractivity contribution in [2.24, 2.45) is 10.9 Å². The number of benzene rings is 1. The second-order valence-corrected chi connectivity index (χ2v) is 7.81. The molecule has 168 valence electrons. The molecular weight excluding hydrogens is 390 g/mol. The summed E-state index contributed by atoms with van der Waals surface area (Å²) in [6.07, 6.45) is 4.41. The molecule has 0 unspecified atom stereocenters. The van der Waals surface area contributed by atoms with Crippen LogP contribution in [0.5, 0.6) is 11.5 Å². The number of hydrogen-bond donors (Lipinski definition) is 2. The first kappa shape index (κ1) is 22.7. The average Bonchev–Trinajstić information content (AvgIpc) is 2.79. The fraction of sp³-hybridized carbons (Fsp3) is 0.500. The van der Waals surface area contributed by atoms with Gasteiger partial charge in [0, 0.05) is 37.6 Å². The monoisotopic (exact) mass is 425 g/mol. The van der Waals surface area contributed by atoms with Crippen molar-refractivity contribution in [1.29, 1.82) is 0 Å². The number of piperidine rings is 1. The summed E-state index contributed by atoms with van der Waals surface area (Å²) in [4.78, 5) is 11.8. The molecule has 1 fully saturated rings. The second-order valence-electron chi connectivity index (χ2n) is 7.81. The highest BCUT2D eigenvalue weighted by molar-refractivity contribution is 5.93. The van der Waals surface area contributed by atoms with Crippen LogP contribution in [0, 0.1) is 5.92 Å². The normalized spacial score (nSPS) is 15.0.